The molecule has 0 spiro atoms. The molecule has 0 bridgehead atoms. The Morgan fingerprint density at radius 1 is 1.40 bits per heavy atom. The number of ether oxygens (including phenoxy) is 1. The lowest BCUT2D eigenvalue weighted by atomic mass is 10.2. The van der Waals surface area contributed by atoms with Crippen LogP contribution in [0, 0.1) is 0 Å². The Morgan fingerprint density at radius 3 is 2.48 bits per heavy atom. The molecule has 0 aliphatic heterocycles. The van der Waals surface area contributed by atoms with Crippen molar-refractivity contribution in [1.82, 2.24) is 10.2 Å². The molecule has 0 aromatic carbocycles. The summed E-state index contributed by atoms with van der Waals surface area (Å²) in [7, 11) is 3.73. The first-order chi connectivity index (χ1) is 11.6. The van der Waals surface area contributed by atoms with Gasteiger partial charge in [0, 0.05) is 30.7 Å². The molecule has 1 amide bonds. The Balaban J connectivity index is 0.00000277. The van der Waals surface area contributed by atoms with Gasteiger partial charge in [-0.15, -0.1) is 11.3 Å². The second kappa shape index (κ2) is 10.6. The minimum absolute atomic E-state index is 0.332. The largest absolute Gasteiger partial charge is 0.444 e. The van der Waals surface area contributed by atoms with Crippen molar-refractivity contribution in [3.8, 4) is 0 Å². The standard InChI is InChI=1S/C15H25N5O2S.C2H6/c1-15(2,3)22-14(21)18-8-10-6-11(13(17)23-10)12(7-16)19-9-20(4)5;1-2/h6-7,9H,8,16-17H2,1-5H3,(H,18,21);1-2H3/b12-7+,19-9?;. The van der Waals surface area contributed by atoms with E-state index in [1.807, 2.05) is 54.8 Å². The zero-order valence-corrected chi connectivity index (χ0v) is 17.0. The summed E-state index contributed by atoms with van der Waals surface area (Å²) in [6, 6.07) is 1.86. The number of nitrogens with zero attached hydrogens (tertiary/aromatic N) is 2. The summed E-state index contributed by atoms with van der Waals surface area (Å²) in [5, 5.41) is 3.30. The number of carbonyl (C=O) groups is 1. The lowest BCUT2D eigenvalue weighted by molar-refractivity contribution is 0.0524. The second-order valence-electron chi connectivity index (χ2n) is 6.11. The van der Waals surface area contributed by atoms with Gasteiger partial charge in [0.05, 0.1) is 23.6 Å². The van der Waals surface area contributed by atoms with E-state index in [1.54, 1.807) is 11.2 Å². The summed E-state index contributed by atoms with van der Waals surface area (Å²) < 4.78 is 5.19. The summed E-state index contributed by atoms with van der Waals surface area (Å²) in [5.41, 5.74) is 12.4. The molecule has 8 heteroatoms. The predicted molar refractivity (Wildman–Crippen MR) is 107 cm³/mol. The fraction of sp³-hybridized carbons (Fsp3) is 0.529. The van der Waals surface area contributed by atoms with Crippen molar-refractivity contribution in [3.63, 3.8) is 0 Å². The quantitative estimate of drug-likeness (QED) is 0.546. The molecule has 142 valence electrons. The van der Waals surface area contributed by atoms with Crippen LogP contribution in [0.25, 0.3) is 5.70 Å². The fourth-order valence-electron chi connectivity index (χ4n) is 1.60. The molecule has 7 nitrogen and oxygen atoms in total. The molecule has 0 aliphatic carbocycles. The van der Waals surface area contributed by atoms with Crippen LogP contribution in [0.5, 0.6) is 0 Å². The second-order valence-corrected chi connectivity index (χ2v) is 7.27. The molecule has 1 rings (SSSR count). The number of aliphatic imine (C=N–C) groups is 1. The number of rotatable bonds is 5. The molecule has 1 aromatic heterocycles. The number of nitrogen functional groups attached to an aromatic ring is 1. The number of thiophene rings is 1. The average Bonchev–Trinajstić information content (AvgIpc) is 2.87. The number of alkyl carbamates (subject to hydrolysis) is 1. The zero-order chi connectivity index (χ0) is 19.6. The van der Waals surface area contributed by atoms with Crippen LogP contribution in [0.2, 0.25) is 0 Å². The van der Waals surface area contributed by atoms with Gasteiger partial charge < -0.3 is 26.4 Å². The fourth-order valence-corrected chi connectivity index (χ4v) is 2.48. The van der Waals surface area contributed by atoms with E-state index >= 15 is 0 Å². The molecule has 1 heterocycles. The normalized spacial score (nSPS) is 11.7. The lowest BCUT2D eigenvalue weighted by Crippen LogP contribution is -2.31. The van der Waals surface area contributed by atoms with Gasteiger partial charge in [-0.3, -0.25) is 0 Å². The smallest absolute Gasteiger partial charge is 0.407 e. The van der Waals surface area contributed by atoms with E-state index in [9.17, 15) is 4.79 Å². The first-order valence-corrected chi connectivity index (χ1v) is 8.92. The number of hydrogen-bond acceptors (Lipinski definition) is 6. The van der Waals surface area contributed by atoms with Gasteiger partial charge in [-0.05, 0) is 26.8 Å². The Labute approximate surface area is 154 Å². The van der Waals surface area contributed by atoms with E-state index < -0.39 is 11.7 Å². The number of nitrogens with two attached hydrogens (primary N) is 2. The van der Waals surface area contributed by atoms with Gasteiger partial charge in [0.15, 0.2) is 0 Å². The molecule has 25 heavy (non-hydrogen) atoms. The maximum Gasteiger partial charge on any atom is 0.407 e. The maximum atomic E-state index is 11.7. The highest BCUT2D eigenvalue weighted by atomic mass is 32.1. The van der Waals surface area contributed by atoms with Gasteiger partial charge in [0.25, 0.3) is 0 Å². The Kier molecular flexibility index (Phi) is 9.66. The minimum Gasteiger partial charge on any atom is -0.444 e. The summed E-state index contributed by atoms with van der Waals surface area (Å²) in [4.78, 5) is 18.6. The molecular formula is C17H31N5O2S. The molecule has 5 N–H and O–H groups in total. The van der Waals surface area contributed by atoms with Crippen molar-refractivity contribution in [1.29, 1.82) is 0 Å². The number of nitrogens with one attached hydrogen (secondary N) is 1. The molecular weight excluding hydrogens is 338 g/mol. The number of anilines is 1. The highest BCUT2D eigenvalue weighted by Crippen LogP contribution is 2.31. The summed E-state index contributed by atoms with van der Waals surface area (Å²) >= 11 is 1.38. The molecule has 0 unspecified atom stereocenters. The van der Waals surface area contributed by atoms with Crippen LogP contribution in [0.1, 0.15) is 45.1 Å². The van der Waals surface area contributed by atoms with Crippen LogP contribution in [-0.2, 0) is 11.3 Å². The van der Waals surface area contributed by atoms with Crippen LogP contribution < -0.4 is 16.8 Å². The van der Waals surface area contributed by atoms with Gasteiger partial charge in [0.1, 0.15) is 5.60 Å². The molecule has 0 radical (unpaired) electrons. The van der Waals surface area contributed by atoms with Crippen LogP contribution in [0.15, 0.2) is 17.3 Å². The van der Waals surface area contributed by atoms with Gasteiger partial charge in [-0.2, -0.15) is 0 Å². The molecule has 0 fully saturated rings. The monoisotopic (exact) mass is 369 g/mol. The Hall–Kier alpha value is -2.22. The SMILES string of the molecule is CC.CN(C)C=N/C(=C/N)c1cc(CNC(=O)OC(C)(C)C)sc1N. The molecule has 1 aromatic rings. The number of hydrogen-bond donors (Lipinski definition) is 3. The van der Waals surface area contributed by atoms with E-state index in [1.165, 1.54) is 17.5 Å². The van der Waals surface area contributed by atoms with E-state index in [4.69, 9.17) is 16.2 Å². The third-order valence-electron chi connectivity index (χ3n) is 2.48. The van der Waals surface area contributed by atoms with E-state index in [0.717, 1.165) is 10.4 Å². The van der Waals surface area contributed by atoms with Gasteiger partial charge in [0.2, 0.25) is 0 Å². The molecule has 0 saturated heterocycles. The Bertz CT molecular complexity index is 601. The van der Waals surface area contributed by atoms with Crippen molar-refractivity contribution < 1.29 is 9.53 Å². The molecule has 0 atom stereocenters. The van der Waals surface area contributed by atoms with Gasteiger partial charge >= 0.3 is 6.09 Å². The van der Waals surface area contributed by atoms with Crippen molar-refractivity contribution in [2.75, 3.05) is 19.8 Å². The van der Waals surface area contributed by atoms with Crippen LogP contribution in [-0.4, -0.2) is 37.0 Å². The van der Waals surface area contributed by atoms with Crippen molar-refractivity contribution in [2.45, 2.75) is 46.8 Å². The van der Waals surface area contributed by atoms with Crippen molar-refractivity contribution in [2.24, 2.45) is 10.7 Å². The highest BCUT2D eigenvalue weighted by Gasteiger charge is 2.16. The molecule has 0 aliphatic rings. The first-order valence-electron chi connectivity index (χ1n) is 8.10. The third kappa shape index (κ3) is 8.99. The number of carbonyl (C=O) groups excluding carboxylic acids is 1. The van der Waals surface area contributed by atoms with E-state index in [0.29, 0.717) is 17.2 Å². The summed E-state index contributed by atoms with van der Waals surface area (Å²) in [6.07, 6.45) is 2.59. The van der Waals surface area contributed by atoms with Crippen molar-refractivity contribution >= 4 is 34.5 Å². The Morgan fingerprint density at radius 2 is 2.00 bits per heavy atom. The zero-order valence-electron chi connectivity index (χ0n) is 16.2. The summed E-state index contributed by atoms with van der Waals surface area (Å²) in [6.45, 7) is 9.78. The topological polar surface area (TPSA) is 106 Å². The number of amides is 1. The first kappa shape index (κ1) is 22.8. The van der Waals surface area contributed by atoms with Gasteiger partial charge in [-0.25, -0.2) is 9.79 Å². The van der Waals surface area contributed by atoms with Crippen LogP contribution >= 0.6 is 11.3 Å². The summed E-state index contributed by atoms with van der Waals surface area (Å²) in [5.74, 6) is 0. The highest BCUT2D eigenvalue weighted by molar-refractivity contribution is 7.16. The average molecular weight is 370 g/mol. The third-order valence-corrected chi connectivity index (χ3v) is 3.44. The van der Waals surface area contributed by atoms with Crippen LogP contribution in [0.4, 0.5) is 9.80 Å². The van der Waals surface area contributed by atoms with E-state index in [2.05, 4.69) is 10.3 Å². The molecule has 0 saturated carbocycles. The lowest BCUT2D eigenvalue weighted by Gasteiger charge is -2.19. The maximum absolute atomic E-state index is 11.7. The van der Waals surface area contributed by atoms with Crippen molar-refractivity contribution in [3.05, 3.63) is 22.7 Å². The van der Waals surface area contributed by atoms with Gasteiger partial charge in [-0.1, -0.05) is 13.8 Å². The van der Waals surface area contributed by atoms with E-state index in [-0.39, 0.29) is 0 Å². The minimum atomic E-state index is -0.528. The predicted octanol–water partition coefficient (Wildman–Crippen LogP) is 3.23. The van der Waals surface area contributed by atoms with Crippen LogP contribution in [0.3, 0.4) is 0 Å².